The minimum absolute atomic E-state index is 0.0561. The lowest BCUT2D eigenvalue weighted by molar-refractivity contribution is -0.141. The zero-order valence-electron chi connectivity index (χ0n) is 12.4. The van der Waals surface area contributed by atoms with Gasteiger partial charge in [-0.05, 0) is 42.9 Å². The van der Waals surface area contributed by atoms with Gasteiger partial charge in [-0.1, -0.05) is 26.0 Å². The van der Waals surface area contributed by atoms with Crippen LogP contribution >= 0.6 is 0 Å². The first-order valence-corrected chi connectivity index (χ1v) is 7.36. The SMILES string of the molecule is CC(C)c1cccc(NC(=O)NC2CCC(C(=O)O)C2)c1. The van der Waals surface area contributed by atoms with E-state index in [2.05, 4.69) is 24.5 Å². The van der Waals surface area contributed by atoms with Crippen LogP contribution in [0.2, 0.25) is 0 Å². The highest BCUT2D eigenvalue weighted by atomic mass is 16.4. The molecule has 114 valence electrons. The number of aliphatic carboxylic acids is 1. The van der Waals surface area contributed by atoms with Gasteiger partial charge in [0.05, 0.1) is 5.92 Å². The molecular weight excluding hydrogens is 268 g/mol. The maximum atomic E-state index is 12.0. The molecule has 3 N–H and O–H groups in total. The number of carbonyl (C=O) groups is 2. The van der Waals surface area contributed by atoms with Crippen LogP contribution in [0.5, 0.6) is 0 Å². The van der Waals surface area contributed by atoms with Crippen LogP contribution in [0.4, 0.5) is 10.5 Å². The third-order valence-corrected chi connectivity index (χ3v) is 3.93. The van der Waals surface area contributed by atoms with Gasteiger partial charge in [0, 0.05) is 11.7 Å². The summed E-state index contributed by atoms with van der Waals surface area (Å²) in [6.45, 7) is 4.20. The van der Waals surface area contributed by atoms with E-state index in [-0.39, 0.29) is 18.0 Å². The van der Waals surface area contributed by atoms with E-state index in [9.17, 15) is 9.59 Å². The molecule has 0 saturated heterocycles. The lowest BCUT2D eigenvalue weighted by Crippen LogP contribution is -2.36. The number of carboxylic acid groups (broad SMARTS) is 1. The summed E-state index contributed by atoms with van der Waals surface area (Å²) in [5, 5.41) is 14.6. The highest BCUT2D eigenvalue weighted by Crippen LogP contribution is 2.25. The Kier molecular flexibility index (Phi) is 4.83. The number of amides is 2. The number of carbonyl (C=O) groups excluding carboxylic acids is 1. The van der Waals surface area contributed by atoms with Gasteiger partial charge in [-0.2, -0.15) is 0 Å². The van der Waals surface area contributed by atoms with Gasteiger partial charge in [-0.25, -0.2) is 4.79 Å². The fourth-order valence-corrected chi connectivity index (χ4v) is 2.67. The van der Waals surface area contributed by atoms with Crippen LogP contribution in [0, 0.1) is 5.92 Å². The van der Waals surface area contributed by atoms with Crippen molar-refractivity contribution in [2.75, 3.05) is 5.32 Å². The van der Waals surface area contributed by atoms with E-state index in [1.807, 2.05) is 24.3 Å². The van der Waals surface area contributed by atoms with E-state index in [0.29, 0.717) is 18.8 Å². The second-order valence-electron chi connectivity index (χ2n) is 5.92. The lowest BCUT2D eigenvalue weighted by atomic mass is 10.0. The van der Waals surface area contributed by atoms with Crippen LogP contribution in [0.15, 0.2) is 24.3 Å². The molecule has 0 aliphatic heterocycles. The van der Waals surface area contributed by atoms with Crippen LogP contribution in [0.1, 0.15) is 44.6 Å². The van der Waals surface area contributed by atoms with E-state index in [4.69, 9.17) is 5.11 Å². The van der Waals surface area contributed by atoms with Crippen LogP contribution in [0.3, 0.4) is 0 Å². The molecule has 0 heterocycles. The lowest BCUT2D eigenvalue weighted by Gasteiger charge is -2.14. The van der Waals surface area contributed by atoms with Crippen molar-refractivity contribution < 1.29 is 14.7 Å². The van der Waals surface area contributed by atoms with Gasteiger partial charge in [-0.3, -0.25) is 4.79 Å². The van der Waals surface area contributed by atoms with E-state index in [0.717, 1.165) is 12.1 Å². The number of nitrogens with one attached hydrogen (secondary N) is 2. The van der Waals surface area contributed by atoms with E-state index in [1.54, 1.807) is 0 Å². The molecule has 1 fully saturated rings. The van der Waals surface area contributed by atoms with Crippen LogP contribution in [0.25, 0.3) is 0 Å². The molecule has 5 heteroatoms. The molecule has 0 radical (unpaired) electrons. The van der Waals surface area contributed by atoms with Crippen LogP contribution < -0.4 is 10.6 Å². The molecule has 1 aliphatic rings. The Bertz CT molecular complexity index is 528. The predicted molar refractivity (Wildman–Crippen MR) is 81.5 cm³/mol. The first-order chi connectivity index (χ1) is 9.95. The average Bonchev–Trinajstić information content (AvgIpc) is 2.87. The monoisotopic (exact) mass is 290 g/mol. The van der Waals surface area contributed by atoms with Crippen LogP contribution in [-0.4, -0.2) is 23.1 Å². The average molecular weight is 290 g/mol. The van der Waals surface area contributed by atoms with Crippen molar-refractivity contribution in [3.8, 4) is 0 Å². The van der Waals surface area contributed by atoms with E-state index in [1.165, 1.54) is 5.56 Å². The van der Waals surface area contributed by atoms with Crippen molar-refractivity contribution in [3.63, 3.8) is 0 Å². The zero-order valence-corrected chi connectivity index (χ0v) is 12.4. The summed E-state index contributed by atoms with van der Waals surface area (Å²) in [4.78, 5) is 22.9. The van der Waals surface area contributed by atoms with Gasteiger partial charge in [-0.15, -0.1) is 0 Å². The normalized spacial score (nSPS) is 21.3. The van der Waals surface area contributed by atoms with E-state index < -0.39 is 5.97 Å². The molecule has 0 spiro atoms. The molecule has 0 aromatic heterocycles. The minimum atomic E-state index is -0.774. The molecule has 1 aliphatic carbocycles. The quantitative estimate of drug-likeness (QED) is 0.797. The highest BCUT2D eigenvalue weighted by Gasteiger charge is 2.30. The summed E-state index contributed by atoms with van der Waals surface area (Å²) >= 11 is 0. The molecule has 1 saturated carbocycles. The zero-order chi connectivity index (χ0) is 15.4. The third kappa shape index (κ3) is 4.21. The molecule has 1 aromatic carbocycles. The molecule has 5 nitrogen and oxygen atoms in total. The molecule has 1 aromatic rings. The predicted octanol–water partition coefficient (Wildman–Crippen LogP) is 3.18. The van der Waals surface area contributed by atoms with Crippen molar-refractivity contribution in [2.24, 2.45) is 5.92 Å². The van der Waals surface area contributed by atoms with Gasteiger partial charge in [0.2, 0.25) is 0 Å². The molecule has 2 atom stereocenters. The van der Waals surface area contributed by atoms with Gasteiger partial charge in [0.15, 0.2) is 0 Å². The third-order valence-electron chi connectivity index (χ3n) is 3.93. The second kappa shape index (κ2) is 6.61. The van der Waals surface area contributed by atoms with Crippen molar-refractivity contribution in [1.29, 1.82) is 0 Å². The number of hydrogen-bond donors (Lipinski definition) is 3. The van der Waals surface area contributed by atoms with Gasteiger partial charge in [0.1, 0.15) is 0 Å². The molecule has 2 unspecified atom stereocenters. The number of urea groups is 1. The summed E-state index contributed by atoms with van der Waals surface area (Å²) in [6, 6.07) is 7.42. The number of rotatable bonds is 4. The van der Waals surface area contributed by atoms with Crippen LogP contribution in [-0.2, 0) is 4.79 Å². The Morgan fingerprint density at radius 3 is 2.67 bits per heavy atom. The van der Waals surface area contributed by atoms with Crippen molar-refractivity contribution in [3.05, 3.63) is 29.8 Å². The largest absolute Gasteiger partial charge is 0.481 e. The standard InChI is InChI=1S/C16H22N2O3/c1-10(2)11-4-3-5-13(8-11)17-16(21)18-14-7-6-12(9-14)15(19)20/h3-5,8,10,12,14H,6-7,9H2,1-2H3,(H,19,20)(H2,17,18,21). The fraction of sp³-hybridized carbons (Fsp3) is 0.500. The summed E-state index contributed by atoms with van der Waals surface area (Å²) < 4.78 is 0. The Labute approximate surface area is 124 Å². The van der Waals surface area contributed by atoms with Crippen molar-refractivity contribution in [1.82, 2.24) is 5.32 Å². The minimum Gasteiger partial charge on any atom is -0.481 e. The molecule has 0 bridgehead atoms. The van der Waals surface area contributed by atoms with Gasteiger partial charge >= 0.3 is 12.0 Å². The molecule has 21 heavy (non-hydrogen) atoms. The summed E-state index contributed by atoms with van der Waals surface area (Å²) in [5.74, 6) is -0.704. The second-order valence-corrected chi connectivity index (χ2v) is 5.92. The molecule has 2 amide bonds. The topological polar surface area (TPSA) is 78.4 Å². The first-order valence-electron chi connectivity index (χ1n) is 7.36. The number of benzene rings is 1. The molecular formula is C16H22N2O3. The maximum Gasteiger partial charge on any atom is 0.319 e. The van der Waals surface area contributed by atoms with Gasteiger partial charge in [0.25, 0.3) is 0 Å². The molecule has 2 rings (SSSR count). The highest BCUT2D eigenvalue weighted by molar-refractivity contribution is 5.89. The number of carboxylic acids is 1. The summed E-state index contributed by atoms with van der Waals surface area (Å²) in [5.41, 5.74) is 1.92. The first kappa shape index (κ1) is 15.4. The Morgan fingerprint density at radius 1 is 1.29 bits per heavy atom. The summed E-state index contributed by atoms with van der Waals surface area (Å²) in [6.07, 6.45) is 1.86. The summed E-state index contributed by atoms with van der Waals surface area (Å²) in [7, 11) is 0. The van der Waals surface area contributed by atoms with E-state index >= 15 is 0 Å². The van der Waals surface area contributed by atoms with Gasteiger partial charge < -0.3 is 15.7 Å². The fourth-order valence-electron chi connectivity index (χ4n) is 2.67. The number of hydrogen-bond acceptors (Lipinski definition) is 2. The van der Waals surface area contributed by atoms with Crippen molar-refractivity contribution in [2.45, 2.75) is 45.1 Å². The Balaban J connectivity index is 1.88. The Hall–Kier alpha value is -2.04. The number of anilines is 1. The maximum absolute atomic E-state index is 12.0. The Morgan fingerprint density at radius 2 is 2.05 bits per heavy atom. The smallest absolute Gasteiger partial charge is 0.319 e. The van der Waals surface area contributed by atoms with Crippen molar-refractivity contribution >= 4 is 17.7 Å².